The number of nitrogens with zero attached hydrogens (tertiary/aromatic N) is 4. The normalized spacial score (nSPS) is 23.2. The van der Waals surface area contributed by atoms with Gasteiger partial charge in [-0.1, -0.05) is 5.16 Å². The van der Waals surface area contributed by atoms with Crippen LogP contribution in [0.15, 0.2) is 10.6 Å². The maximum Gasteiger partial charge on any atom is 0.150 e. The largest absolute Gasteiger partial charge is 0.390 e. The highest BCUT2D eigenvalue weighted by Crippen LogP contribution is 2.10. The summed E-state index contributed by atoms with van der Waals surface area (Å²) in [6.45, 7) is 11.7. The summed E-state index contributed by atoms with van der Waals surface area (Å²) < 4.78 is 10.6. The summed E-state index contributed by atoms with van der Waals surface area (Å²) >= 11 is 0. The Morgan fingerprint density at radius 3 is 2.26 bits per heavy atom. The van der Waals surface area contributed by atoms with Crippen molar-refractivity contribution in [1.82, 2.24) is 19.9 Å². The van der Waals surface area contributed by atoms with E-state index in [4.69, 9.17) is 9.26 Å². The third-order valence-electron chi connectivity index (χ3n) is 4.56. The van der Waals surface area contributed by atoms with E-state index in [2.05, 4.69) is 19.9 Å². The molecule has 0 aromatic carbocycles. The molecule has 1 unspecified atom stereocenters. The monoisotopic (exact) mass is 324 g/mol. The third-order valence-corrected chi connectivity index (χ3v) is 4.56. The Hall–Kier alpha value is -0.990. The molecule has 0 saturated carbocycles. The predicted molar refractivity (Wildman–Crippen MR) is 86.2 cm³/mol. The van der Waals surface area contributed by atoms with Crippen molar-refractivity contribution in [2.75, 3.05) is 65.6 Å². The lowest BCUT2D eigenvalue weighted by atomic mass is 10.2. The number of aromatic nitrogens is 1. The molecule has 7 heteroatoms. The standard InChI is InChI=1S/C16H28N4O3/c1-14-10-16(23-17-14)13-19-4-2-18(3-5-19)11-15(21)12-20-6-8-22-9-7-20/h10,15,21H,2-9,11-13H2,1H3. The van der Waals surface area contributed by atoms with E-state index in [9.17, 15) is 5.11 Å². The first-order valence-corrected chi connectivity index (χ1v) is 8.54. The smallest absolute Gasteiger partial charge is 0.150 e. The quantitative estimate of drug-likeness (QED) is 0.777. The van der Waals surface area contributed by atoms with Gasteiger partial charge in [0.15, 0.2) is 5.76 Å². The SMILES string of the molecule is Cc1cc(CN2CCN(CC(O)CN3CCOCC3)CC2)on1. The maximum absolute atomic E-state index is 10.3. The second kappa shape index (κ2) is 8.21. The van der Waals surface area contributed by atoms with Crippen LogP contribution >= 0.6 is 0 Å². The first-order valence-electron chi connectivity index (χ1n) is 8.54. The second-order valence-corrected chi connectivity index (χ2v) is 6.58. The molecule has 0 amide bonds. The van der Waals surface area contributed by atoms with E-state index in [1.165, 1.54) is 0 Å². The number of aliphatic hydroxyl groups is 1. The van der Waals surface area contributed by atoms with Crippen LogP contribution in [0.4, 0.5) is 0 Å². The van der Waals surface area contributed by atoms with Crippen molar-refractivity contribution in [3.05, 3.63) is 17.5 Å². The van der Waals surface area contributed by atoms with Gasteiger partial charge in [-0.15, -0.1) is 0 Å². The maximum atomic E-state index is 10.3. The molecule has 2 fully saturated rings. The van der Waals surface area contributed by atoms with Gasteiger partial charge < -0.3 is 14.4 Å². The van der Waals surface area contributed by atoms with Gasteiger partial charge in [0.2, 0.25) is 0 Å². The minimum absolute atomic E-state index is 0.281. The van der Waals surface area contributed by atoms with Gasteiger partial charge in [-0.05, 0) is 6.92 Å². The number of piperazine rings is 1. The Labute approximate surface area is 137 Å². The van der Waals surface area contributed by atoms with Crippen molar-refractivity contribution >= 4 is 0 Å². The molecule has 130 valence electrons. The van der Waals surface area contributed by atoms with Gasteiger partial charge in [0.05, 0.1) is 31.6 Å². The van der Waals surface area contributed by atoms with E-state index >= 15 is 0 Å². The molecular weight excluding hydrogens is 296 g/mol. The molecule has 2 aliphatic rings. The van der Waals surface area contributed by atoms with E-state index in [1.54, 1.807) is 0 Å². The summed E-state index contributed by atoms with van der Waals surface area (Å²) in [4.78, 5) is 7.02. The van der Waals surface area contributed by atoms with Crippen LogP contribution in [0.1, 0.15) is 11.5 Å². The van der Waals surface area contributed by atoms with Crippen LogP contribution < -0.4 is 0 Å². The molecule has 23 heavy (non-hydrogen) atoms. The summed E-state index contributed by atoms with van der Waals surface area (Å²) in [5, 5.41) is 14.2. The van der Waals surface area contributed by atoms with Crippen LogP contribution in [0, 0.1) is 6.92 Å². The molecule has 1 aromatic rings. The zero-order valence-corrected chi connectivity index (χ0v) is 14.0. The van der Waals surface area contributed by atoms with Gasteiger partial charge in [-0.2, -0.15) is 0 Å². The summed E-state index contributed by atoms with van der Waals surface area (Å²) in [7, 11) is 0. The first-order chi connectivity index (χ1) is 11.2. The minimum atomic E-state index is -0.281. The van der Waals surface area contributed by atoms with Gasteiger partial charge in [-0.25, -0.2) is 0 Å². The van der Waals surface area contributed by atoms with Gasteiger partial charge >= 0.3 is 0 Å². The molecule has 1 atom stereocenters. The number of hydrogen-bond acceptors (Lipinski definition) is 7. The molecule has 0 bridgehead atoms. The molecule has 1 N–H and O–H groups in total. The lowest BCUT2D eigenvalue weighted by molar-refractivity contribution is 0.00187. The average Bonchev–Trinajstić information content (AvgIpc) is 2.95. The van der Waals surface area contributed by atoms with Crippen LogP contribution in [0.2, 0.25) is 0 Å². The molecular formula is C16H28N4O3. The lowest BCUT2D eigenvalue weighted by Crippen LogP contribution is -2.50. The zero-order chi connectivity index (χ0) is 16.1. The summed E-state index contributed by atoms with van der Waals surface area (Å²) in [5.41, 5.74) is 0.935. The van der Waals surface area contributed by atoms with Gasteiger partial charge in [0, 0.05) is 58.4 Å². The molecule has 1 aromatic heterocycles. The third kappa shape index (κ3) is 5.26. The fraction of sp³-hybridized carbons (Fsp3) is 0.812. The van der Waals surface area contributed by atoms with E-state index in [1.807, 2.05) is 13.0 Å². The highest BCUT2D eigenvalue weighted by atomic mass is 16.5. The van der Waals surface area contributed by atoms with Crippen molar-refractivity contribution in [3.63, 3.8) is 0 Å². The van der Waals surface area contributed by atoms with Gasteiger partial charge in [0.1, 0.15) is 0 Å². The molecule has 3 rings (SSSR count). The predicted octanol–water partition coefficient (Wildman–Crippen LogP) is -0.206. The number of β-amino-alcohol motifs (C(OH)–C–C–N with tert-alkyl or cyclic N) is 1. The fourth-order valence-corrected chi connectivity index (χ4v) is 3.28. The fourth-order valence-electron chi connectivity index (χ4n) is 3.28. The molecule has 0 spiro atoms. The van der Waals surface area contributed by atoms with E-state index in [0.717, 1.165) is 83.6 Å². The van der Waals surface area contributed by atoms with E-state index < -0.39 is 0 Å². The number of hydrogen-bond donors (Lipinski definition) is 1. The first kappa shape index (κ1) is 16.9. The number of rotatable bonds is 6. The number of ether oxygens (including phenoxy) is 1. The van der Waals surface area contributed by atoms with E-state index in [0.29, 0.717) is 0 Å². The van der Waals surface area contributed by atoms with Crippen molar-refractivity contribution in [2.24, 2.45) is 0 Å². The van der Waals surface area contributed by atoms with Crippen LogP contribution in [0.3, 0.4) is 0 Å². The molecule has 0 aliphatic carbocycles. The topological polar surface area (TPSA) is 65.2 Å². The Kier molecular flexibility index (Phi) is 6.02. The van der Waals surface area contributed by atoms with Gasteiger partial charge in [-0.3, -0.25) is 14.7 Å². The van der Waals surface area contributed by atoms with Gasteiger partial charge in [0.25, 0.3) is 0 Å². The number of aliphatic hydroxyl groups excluding tert-OH is 1. The van der Waals surface area contributed by atoms with E-state index in [-0.39, 0.29) is 6.10 Å². The summed E-state index contributed by atoms with van der Waals surface area (Å²) in [5.74, 6) is 0.934. The average molecular weight is 324 g/mol. The molecule has 2 saturated heterocycles. The summed E-state index contributed by atoms with van der Waals surface area (Å²) in [6.07, 6.45) is -0.281. The van der Waals surface area contributed by atoms with Crippen molar-refractivity contribution < 1.29 is 14.4 Å². The van der Waals surface area contributed by atoms with Crippen molar-refractivity contribution in [3.8, 4) is 0 Å². The molecule has 3 heterocycles. The zero-order valence-electron chi connectivity index (χ0n) is 14.0. The Morgan fingerprint density at radius 1 is 1.04 bits per heavy atom. The highest BCUT2D eigenvalue weighted by Gasteiger charge is 2.22. The van der Waals surface area contributed by atoms with Crippen molar-refractivity contribution in [1.29, 1.82) is 0 Å². The number of morpholine rings is 1. The van der Waals surface area contributed by atoms with Crippen LogP contribution in [-0.4, -0.2) is 96.6 Å². The number of aryl methyl sites for hydroxylation is 1. The molecule has 0 radical (unpaired) electrons. The lowest BCUT2D eigenvalue weighted by Gasteiger charge is -2.36. The highest BCUT2D eigenvalue weighted by molar-refractivity contribution is 5.03. The van der Waals surface area contributed by atoms with Crippen LogP contribution in [0.25, 0.3) is 0 Å². The second-order valence-electron chi connectivity index (χ2n) is 6.58. The van der Waals surface area contributed by atoms with Crippen molar-refractivity contribution in [2.45, 2.75) is 19.6 Å². The Bertz CT molecular complexity index is 468. The Balaban J connectivity index is 1.35. The Morgan fingerprint density at radius 2 is 1.65 bits per heavy atom. The molecule has 7 nitrogen and oxygen atoms in total. The molecule has 2 aliphatic heterocycles. The summed E-state index contributed by atoms with van der Waals surface area (Å²) in [6, 6.07) is 2.00. The van der Waals surface area contributed by atoms with Crippen LogP contribution in [0.5, 0.6) is 0 Å². The minimum Gasteiger partial charge on any atom is -0.390 e. The van der Waals surface area contributed by atoms with Crippen LogP contribution in [-0.2, 0) is 11.3 Å².